The van der Waals surface area contributed by atoms with Crippen molar-refractivity contribution in [2.45, 2.75) is 32.4 Å². The lowest BCUT2D eigenvalue weighted by Crippen LogP contribution is -2.38. The summed E-state index contributed by atoms with van der Waals surface area (Å²) in [5.41, 5.74) is -0.582. The zero-order valence-corrected chi connectivity index (χ0v) is 12.9. The van der Waals surface area contributed by atoms with Gasteiger partial charge >= 0.3 is 6.09 Å². The molecule has 0 saturated heterocycles. The van der Waals surface area contributed by atoms with Gasteiger partial charge in [-0.05, 0) is 32.2 Å². The van der Waals surface area contributed by atoms with Crippen molar-refractivity contribution < 1.29 is 14.3 Å². The Balaban J connectivity index is 2.75. The van der Waals surface area contributed by atoms with E-state index in [0.717, 1.165) is 4.88 Å². The molecule has 0 aliphatic rings. The molecule has 0 saturated carbocycles. The lowest BCUT2D eigenvalue weighted by molar-refractivity contribution is -0.118. The van der Waals surface area contributed by atoms with Crippen LogP contribution in [0.5, 0.6) is 0 Å². The monoisotopic (exact) mass is 333 g/mol. The minimum absolute atomic E-state index is 0.108. The van der Waals surface area contributed by atoms with Gasteiger partial charge in [0.25, 0.3) is 0 Å². The maximum absolute atomic E-state index is 11.8. The molecule has 0 spiro atoms. The number of rotatable bonds is 4. The van der Waals surface area contributed by atoms with Gasteiger partial charge in [-0.3, -0.25) is 4.79 Å². The summed E-state index contributed by atoms with van der Waals surface area (Å²) < 4.78 is 5.15. The minimum atomic E-state index is -0.653. The highest BCUT2D eigenvalue weighted by Gasteiger charge is 2.25. The van der Waals surface area contributed by atoms with Crippen LogP contribution in [0.25, 0.3) is 0 Å². The van der Waals surface area contributed by atoms with Crippen LogP contribution in [0, 0.1) is 0 Å². The molecule has 1 aromatic heterocycles. The van der Waals surface area contributed by atoms with Crippen LogP contribution in [-0.4, -0.2) is 22.8 Å². The Labute approximate surface area is 119 Å². The first-order chi connectivity index (χ1) is 8.33. The van der Waals surface area contributed by atoms with Crippen LogP contribution in [0.3, 0.4) is 0 Å². The maximum Gasteiger partial charge on any atom is 0.408 e. The number of hydrogen-bond donors (Lipinski definition) is 1. The summed E-state index contributed by atoms with van der Waals surface area (Å²) >= 11 is 4.54. The summed E-state index contributed by atoms with van der Waals surface area (Å²) in [6, 6.07) is 3.00. The third-order valence-corrected chi connectivity index (χ3v) is 3.43. The zero-order valence-electron chi connectivity index (χ0n) is 10.5. The Morgan fingerprint density at radius 2 is 2.17 bits per heavy atom. The molecular weight excluding hydrogens is 318 g/mol. The van der Waals surface area contributed by atoms with Crippen LogP contribution in [-0.2, 0) is 9.53 Å². The normalized spacial score (nSPS) is 12.9. The first-order valence-corrected chi connectivity index (χ1v) is 7.45. The average molecular weight is 334 g/mol. The fourth-order valence-electron chi connectivity index (χ4n) is 1.27. The van der Waals surface area contributed by atoms with Crippen LogP contribution in [0.4, 0.5) is 4.79 Å². The van der Waals surface area contributed by atoms with E-state index in [-0.39, 0.29) is 11.1 Å². The number of thiophene rings is 1. The van der Waals surface area contributed by atoms with Crippen molar-refractivity contribution in [3.8, 4) is 0 Å². The molecule has 0 fully saturated rings. The predicted molar refractivity (Wildman–Crippen MR) is 75.2 cm³/mol. The summed E-state index contributed by atoms with van der Waals surface area (Å²) in [5, 5.41) is 4.64. The Hall–Kier alpha value is -0.880. The number of Topliss-reactive ketones (excluding diaryl/α,β-unsaturated/α-hetero) is 1. The van der Waals surface area contributed by atoms with Crippen molar-refractivity contribution >= 4 is 39.1 Å². The van der Waals surface area contributed by atoms with Crippen molar-refractivity contribution in [1.82, 2.24) is 5.32 Å². The van der Waals surface area contributed by atoms with E-state index in [1.54, 1.807) is 20.8 Å². The number of alkyl carbamates (subject to hydrolysis) is 1. The van der Waals surface area contributed by atoms with Crippen molar-refractivity contribution in [3.05, 3.63) is 22.4 Å². The van der Waals surface area contributed by atoms with Gasteiger partial charge in [0.1, 0.15) is 11.6 Å². The molecule has 0 aromatic carbocycles. The third-order valence-electron chi connectivity index (χ3n) is 1.94. The van der Waals surface area contributed by atoms with Crippen molar-refractivity contribution in [1.29, 1.82) is 0 Å². The highest BCUT2D eigenvalue weighted by atomic mass is 79.9. The summed E-state index contributed by atoms with van der Waals surface area (Å²) in [5.74, 6) is -0.108. The van der Waals surface area contributed by atoms with Gasteiger partial charge in [0, 0.05) is 4.88 Å². The molecule has 0 aliphatic carbocycles. The number of carbonyl (C=O) groups excluding carboxylic acids is 2. The van der Waals surface area contributed by atoms with Crippen LogP contribution in [0.2, 0.25) is 0 Å². The summed E-state index contributed by atoms with van der Waals surface area (Å²) in [4.78, 5) is 24.3. The standard InChI is InChI=1S/C12H16BrNO3S/c1-12(2,3)17-11(16)14-10(8(15)7-13)9-5-4-6-18-9/h4-6,10H,7H2,1-3H3,(H,14,16). The molecule has 0 aliphatic heterocycles. The fourth-order valence-corrected chi connectivity index (χ4v) is 2.39. The van der Waals surface area contributed by atoms with Gasteiger partial charge in [0.05, 0.1) is 5.33 Å². The van der Waals surface area contributed by atoms with E-state index < -0.39 is 17.7 Å². The summed E-state index contributed by atoms with van der Waals surface area (Å²) in [6.07, 6.45) is -0.588. The van der Waals surface area contributed by atoms with Gasteiger partial charge in [-0.25, -0.2) is 4.79 Å². The summed E-state index contributed by atoms with van der Waals surface area (Å²) in [6.45, 7) is 5.33. The lowest BCUT2D eigenvalue weighted by atomic mass is 10.1. The first-order valence-electron chi connectivity index (χ1n) is 5.45. The SMILES string of the molecule is CC(C)(C)OC(=O)NC(C(=O)CBr)c1cccs1. The molecule has 6 heteroatoms. The number of alkyl halides is 1. The van der Waals surface area contributed by atoms with Crippen LogP contribution in [0.15, 0.2) is 17.5 Å². The number of nitrogens with one attached hydrogen (secondary N) is 1. The van der Waals surface area contributed by atoms with Gasteiger partial charge in [-0.2, -0.15) is 0 Å². The third kappa shape index (κ3) is 4.78. The lowest BCUT2D eigenvalue weighted by Gasteiger charge is -2.22. The molecule has 1 rings (SSSR count). The van der Waals surface area contributed by atoms with Crippen LogP contribution in [0.1, 0.15) is 31.7 Å². The van der Waals surface area contributed by atoms with Crippen molar-refractivity contribution in [2.75, 3.05) is 5.33 Å². The molecular formula is C12H16BrNO3S. The number of ether oxygens (including phenoxy) is 1. The number of amides is 1. The van der Waals surface area contributed by atoms with E-state index in [2.05, 4.69) is 21.2 Å². The van der Waals surface area contributed by atoms with E-state index in [1.807, 2.05) is 17.5 Å². The maximum atomic E-state index is 11.8. The Kier molecular flexibility index (Phi) is 5.34. The van der Waals surface area contributed by atoms with Gasteiger partial charge in [0.15, 0.2) is 5.78 Å². The van der Waals surface area contributed by atoms with Gasteiger partial charge in [-0.1, -0.05) is 22.0 Å². The van der Waals surface area contributed by atoms with E-state index in [4.69, 9.17) is 4.74 Å². The smallest absolute Gasteiger partial charge is 0.408 e. The number of ketones is 1. The topological polar surface area (TPSA) is 55.4 Å². The molecule has 1 heterocycles. The van der Waals surface area contributed by atoms with Crippen LogP contribution >= 0.6 is 27.3 Å². The Morgan fingerprint density at radius 1 is 1.50 bits per heavy atom. The average Bonchev–Trinajstić information content (AvgIpc) is 2.75. The van der Waals surface area contributed by atoms with Crippen molar-refractivity contribution in [2.24, 2.45) is 0 Å². The molecule has 1 atom stereocenters. The quantitative estimate of drug-likeness (QED) is 0.860. The van der Waals surface area contributed by atoms with Crippen molar-refractivity contribution in [3.63, 3.8) is 0 Å². The van der Waals surface area contributed by atoms with Gasteiger partial charge < -0.3 is 10.1 Å². The predicted octanol–water partition coefficient (Wildman–Crippen LogP) is 3.28. The minimum Gasteiger partial charge on any atom is -0.444 e. The second kappa shape index (κ2) is 6.33. The van der Waals surface area contributed by atoms with E-state index in [0.29, 0.717) is 0 Å². The zero-order chi connectivity index (χ0) is 13.8. The Bertz CT molecular complexity index is 411. The van der Waals surface area contributed by atoms with Gasteiger partial charge in [0.2, 0.25) is 0 Å². The van der Waals surface area contributed by atoms with E-state index in [9.17, 15) is 9.59 Å². The molecule has 0 bridgehead atoms. The highest BCUT2D eigenvalue weighted by molar-refractivity contribution is 9.09. The Morgan fingerprint density at radius 3 is 2.61 bits per heavy atom. The molecule has 0 radical (unpaired) electrons. The van der Waals surface area contributed by atoms with E-state index in [1.165, 1.54) is 11.3 Å². The largest absolute Gasteiger partial charge is 0.444 e. The van der Waals surface area contributed by atoms with E-state index >= 15 is 0 Å². The summed E-state index contributed by atoms with van der Waals surface area (Å²) in [7, 11) is 0. The second-order valence-corrected chi connectivity index (χ2v) is 6.23. The molecule has 4 nitrogen and oxygen atoms in total. The molecule has 1 unspecified atom stereocenters. The number of halogens is 1. The first kappa shape index (κ1) is 15.2. The molecule has 1 N–H and O–H groups in total. The molecule has 1 amide bonds. The number of carbonyl (C=O) groups is 2. The number of hydrogen-bond acceptors (Lipinski definition) is 4. The molecule has 18 heavy (non-hydrogen) atoms. The second-order valence-electron chi connectivity index (χ2n) is 4.69. The highest BCUT2D eigenvalue weighted by Crippen LogP contribution is 2.21. The van der Waals surface area contributed by atoms with Gasteiger partial charge in [-0.15, -0.1) is 11.3 Å². The fraction of sp³-hybridized carbons (Fsp3) is 0.500. The van der Waals surface area contributed by atoms with Crippen LogP contribution < -0.4 is 5.32 Å². The molecule has 1 aromatic rings. The molecule has 100 valence electrons.